The Labute approximate surface area is 71.3 Å². The van der Waals surface area contributed by atoms with E-state index in [4.69, 9.17) is 5.73 Å². The highest BCUT2D eigenvalue weighted by molar-refractivity contribution is 9.10. The molecule has 0 bridgehead atoms. The second-order valence-corrected chi connectivity index (χ2v) is 2.92. The van der Waals surface area contributed by atoms with Crippen molar-refractivity contribution in [2.75, 3.05) is 5.73 Å². The first-order valence-corrected chi connectivity index (χ1v) is 3.64. The third-order valence-corrected chi connectivity index (χ3v) is 1.70. The van der Waals surface area contributed by atoms with Crippen LogP contribution in [0.1, 0.15) is 10.4 Å². The Morgan fingerprint density at radius 3 is 2.64 bits per heavy atom. The number of carbonyl (C=O) groups excluding carboxylic acids is 1. The molecule has 0 spiro atoms. The maximum absolute atomic E-state index is 12.8. The smallest absolute Gasteiger partial charge is 0.155 e. The van der Waals surface area contributed by atoms with Gasteiger partial charge in [-0.15, -0.1) is 0 Å². The van der Waals surface area contributed by atoms with Gasteiger partial charge in [0.15, 0.2) is 6.29 Å². The number of anilines is 1. The molecule has 1 rings (SSSR count). The zero-order valence-corrected chi connectivity index (χ0v) is 7.06. The summed E-state index contributed by atoms with van der Waals surface area (Å²) in [5.41, 5.74) is 5.39. The Balaban J connectivity index is 3.36. The number of hydrogen-bond donors (Lipinski definition) is 1. The number of benzene rings is 1. The van der Waals surface area contributed by atoms with Gasteiger partial charge in [-0.3, -0.25) is 4.79 Å². The number of nitrogen functional groups attached to an aromatic ring is 1. The molecule has 0 aliphatic carbocycles. The molecule has 0 fully saturated rings. The van der Waals surface area contributed by atoms with Crippen molar-refractivity contribution < 1.29 is 9.18 Å². The molecule has 2 nitrogen and oxygen atoms in total. The standard InChI is InChI=1S/C7H5BrFNO/c8-4-1-6(9)5(3-11)7(10)2-4/h1-3H,10H2. The van der Waals surface area contributed by atoms with Crippen LogP contribution >= 0.6 is 15.9 Å². The fourth-order valence-electron chi connectivity index (χ4n) is 0.729. The topological polar surface area (TPSA) is 43.1 Å². The monoisotopic (exact) mass is 217 g/mol. The third-order valence-electron chi connectivity index (χ3n) is 1.24. The average molecular weight is 218 g/mol. The zero-order chi connectivity index (χ0) is 8.43. The Morgan fingerprint density at radius 2 is 2.18 bits per heavy atom. The molecule has 0 aliphatic heterocycles. The van der Waals surface area contributed by atoms with E-state index >= 15 is 0 Å². The van der Waals surface area contributed by atoms with Crippen LogP contribution in [-0.2, 0) is 0 Å². The van der Waals surface area contributed by atoms with Gasteiger partial charge < -0.3 is 5.73 Å². The zero-order valence-electron chi connectivity index (χ0n) is 5.47. The minimum Gasteiger partial charge on any atom is -0.398 e. The Kier molecular flexibility index (Phi) is 2.24. The quantitative estimate of drug-likeness (QED) is 0.578. The van der Waals surface area contributed by atoms with Crippen molar-refractivity contribution in [1.82, 2.24) is 0 Å². The summed E-state index contributed by atoms with van der Waals surface area (Å²) < 4.78 is 13.3. The predicted molar refractivity (Wildman–Crippen MR) is 43.9 cm³/mol. The Morgan fingerprint density at radius 1 is 1.55 bits per heavy atom. The summed E-state index contributed by atoms with van der Waals surface area (Å²) >= 11 is 3.04. The molecule has 0 heterocycles. The molecule has 0 saturated heterocycles. The van der Waals surface area contributed by atoms with Gasteiger partial charge in [0.25, 0.3) is 0 Å². The molecule has 0 amide bonds. The van der Waals surface area contributed by atoms with E-state index in [0.29, 0.717) is 10.8 Å². The van der Waals surface area contributed by atoms with E-state index < -0.39 is 5.82 Å². The van der Waals surface area contributed by atoms with Gasteiger partial charge in [-0.25, -0.2) is 4.39 Å². The number of halogens is 2. The van der Waals surface area contributed by atoms with E-state index in [-0.39, 0.29) is 11.3 Å². The molecule has 58 valence electrons. The van der Waals surface area contributed by atoms with Crippen molar-refractivity contribution in [1.29, 1.82) is 0 Å². The normalized spacial score (nSPS) is 9.64. The largest absolute Gasteiger partial charge is 0.398 e. The van der Waals surface area contributed by atoms with E-state index in [2.05, 4.69) is 15.9 Å². The highest BCUT2D eigenvalue weighted by Crippen LogP contribution is 2.20. The SMILES string of the molecule is Nc1cc(Br)cc(F)c1C=O. The van der Waals surface area contributed by atoms with E-state index in [1.54, 1.807) is 0 Å². The molecular weight excluding hydrogens is 213 g/mol. The van der Waals surface area contributed by atoms with Gasteiger partial charge in [-0.2, -0.15) is 0 Å². The molecule has 4 heteroatoms. The van der Waals surface area contributed by atoms with Crippen LogP contribution < -0.4 is 5.73 Å². The fourth-order valence-corrected chi connectivity index (χ4v) is 1.18. The van der Waals surface area contributed by atoms with Gasteiger partial charge in [0.05, 0.1) is 5.56 Å². The number of rotatable bonds is 1. The maximum atomic E-state index is 12.8. The van der Waals surface area contributed by atoms with Crippen LogP contribution in [0.5, 0.6) is 0 Å². The van der Waals surface area contributed by atoms with Crippen LogP contribution in [0.3, 0.4) is 0 Å². The summed E-state index contributed by atoms with van der Waals surface area (Å²) in [6, 6.07) is 2.67. The molecule has 0 radical (unpaired) electrons. The minimum atomic E-state index is -0.605. The Bertz CT molecular complexity index is 277. The van der Waals surface area contributed by atoms with Gasteiger partial charge in [-0.05, 0) is 12.1 Å². The molecule has 0 unspecified atom stereocenters. The first-order chi connectivity index (χ1) is 5.15. The van der Waals surface area contributed by atoms with E-state index in [1.165, 1.54) is 12.1 Å². The van der Waals surface area contributed by atoms with Crippen LogP contribution in [-0.4, -0.2) is 6.29 Å². The van der Waals surface area contributed by atoms with Gasteiger partial charge in [0.1, 0.15) is 5.82 Å². The van der Waals surface area contributed by atoms with Crippen molar-refractivity contribution in [3.63, 3.8) is 0 Å². The molecule has 0 saturated carbocycles. The minimum absolute atomic E-state index is 0.0896. The number of nitrogens with two attached hydrogens (primary N) is 1. The first kappa shape index (κ1) is 8.20. The summed E-state index contributed by atoms with van der Waals surface area (Å²) in [6.45, 7) is 0. The van der Waals surface area contributed by atoms with Gasteiger partial charge in [0, 0.05) is 10.2 Å². The molecule has 1 aromatic carbocycles. The summed E-state index contributed by atoms with van der Waals surface area (Å²) in [4.78, 5) is 10.2. The van der Waals surface area contributed by atoms with Crippen LogP contribution in [0.2, 0.25) is 0 Å². The molecule has 0 aromatic heterocycles. The number of aldehydes is 1. The summed E-state index contributed by atoms with van der Waals surface area (Å²) in [7, 11) is 0. The summed E-state index contributed by atoms with van der Waals surface area (Å²) in [5, 5.41) is 0. The lowest BCUT2D eigenvalue weighted by Gasteiger charge is -1.99. The van der Waals surface area contributed by atoms with Crippen molar-refractivity contribution in [2.45, 2.75) is 0 Å². The van der Waals surface area contributed by atoms with Gasteiger partial charge in [0.2, 0.25) is 0 Å². The first-order valence-electron chi connectivity index (χ1n) is 2.85. The fraction of sp³-hybridized carbons (Fsp3) is 0. The van der Waals surface area contributed by atoms with E-state index in [0.717, 1.165) is 0 Å². The lowest BCUT2D eigenvalue weighted by Crippen LogP contribution is -1.96. The second kappa shape index (κ2) is 3.00. The van der Waals surface area contributed by atoms with E-state index in [1.807, 2.05) is 0 Å². The lowest BCUT2D eigenvalue weighted by molar-refractivity contribution is 0.112. The van der Waals surface area contributed by atoms with E-state index in [9.17, 15) is 9.18 Å². The highest BCUT2D eigenvalue weighted by atomic mass is 79.9. The van der Waals surface area contributed by atoms with Crippen molar-refractivity contribution in [3.05, 3.63) is 28.0 Å². The van der Waals surface area contributed by atoms with Crippen molar-refractivity contribution in [3.8, 4) is 0 Å². The van der Waals surface area contributed by atoms with Gasteiger partial charge in [-0.1, -0.05) is 15.9 Å². The molecular formula is C7H5BrFNO. The van der Waals surface area contributed by atoms with Gasteiger partial charge >= 0.3 is 0 Å². The average Bonchev–Trinajstić information content (AvgIpc) is 1.85. The number of carbonyl (C=O) groups is 1. The van der Waals surface area contributed by atoms with Crippen molar-refractivity contribution in [2.24, 2.45) is 0 Å². The lowest BCUT2D eigenvalue weighted by atomic mass is 10.2. The summed E-state index contributed by atoms with van der Waals surface area (Å²) in [6.07, 6.45) is 0.400. The second-order valence-electron chi connectivity index (χ2n) is 2.01. The highest BCUT2D eigenvalue weighted by Gasteiger charge is 2.05. The molecule has 1 aromatic rings. The predicted octanol–water partition coefficient (Wildman–Crippen LogP) is 1.98. The molecule has 0 atom stereocenters. The number of hydrogen-bond acceptors (Lipinski definition) is 2. The van der Waals surface area contributed by atoms with Crippen LogP contribution in [0, 0.1) is 5.82 Å². The van der Waals surface area contributed by atoms with Crippen LogP contribution in [0.4, 0.5) is 10.1 Å². The van der Waals surface area contributed by atoms with Crippen LogP contribution in [0.15, 0.2) is 16.6 Å². The summed E-state index contributed by atoms with van der Waals surface area (Å²) in [5.74, 6) is -0.605. The molecule has 2 N–H and O–H groups in total. The maximum Gasteiger partial charge on any atom is 0.155 e. The van der Waals surface area contributed by atoms with Crippen LogP contribution in [0.25, 0.3) is 0 Å². The molecule has 0 aliphatic rings. The molecule has 11 heavy (non-hydrogen) atoms. The van der Waals surface area contributed by atoms with Crippen molar-refractivity contribution >= 4 is 27.9 Å². The third kappa shape index (κ3) is 1.57. The Hall–Kier alpha value is -0.900.